The third-order valence-electron chi connectivity index (χ3n) is 6.71. The van der Waals surface area contributed by atoms with Crippen LogP contribution in [0.4, 0.5) is 0 Å². The van der Waals surface area contributed by atoms with Gasteiger partial charge in [-0.25, -0.2) is 0 Å². The predicted octanol–water partition coefficient (Wildman–Crippen LogP) is 4.35. The van der Waals surface area contributed by atoms with E-state index in [1.54, 1.807) is 24.3 Å². The number of rotatable bonds is 8. The third kappa shape index (κ3) is 7.28. The number of hydrogen-bond acceptors (Lipinski definition) is 5. The highest BCUT2D eigenvalue weighted by atomic mass is 35.5. The second-order valence-corrected chi connectivity index (χ2v) is 11.7. The van der Waals surface area contributed by atoms with Crippen LogP contribution >= 0.6 is 23.2 Å². The lowest BCUT2D eigenvalue weighted by Gasteiger charge is -2.40. The van der Waals surface area contributed by atoms with Crippen LogP contribution in [0.15, 0.2) is 41.3 Å². The number of halogens is 2. The molecule has 0 bridgehead atoms. The summed E-state index contributed by atoms with van der Waals surface area (Å²) in [5.41, 5.74) is 2.31. The Balaban J connectivity index is 1.36. The van der Waals surface area contributed by atoms with E-state index in [0.29, 0.717) is 32.3 Å². The van der Waals surface area contributed by atoms with E-state index in [1.807, 2.05) is 19.1 Å². The molecule has 4 rings (SSSR count). The van der Waals surface area contributed by atoms with Crippen molar-refractivity contribution in [2.24, 2.45) is 0 Å². The van der Waals surface area contributed by atoms with Crippen LogP contribution in [0.1, 0.15) is 41.3 Å². The number of carbonyl (C=O) groups is 1. The molecule has 0 aromatic heterocycles. The molecule has 1 atom stereocenters. The molecule has 0 aliphatic carbocycles. The lowest BCUT2D eigenvalue weighted by molar-refractivity contribution is 0.0126. The number of carbonyl (C=O) groups excluding carboxylic acids is 1. The smallest absolute Gasteiger partial charge is 0.251 e. The molecule has 2 saturated heterocycles. The Labute approximate surface area is 220 Å². The summed E-state index contributed by atoms with van der Waals surface area (Å²) in [6.45, 7) is 8.72. The van der Waals surface area contributed by atoms with E-state index >= 15 is 0 Å². The standard InChI is InChI=1S/C26H33Cl2N3O3S/c1-2-35(33)25-4-3-22(27)16-21(25)17-29-26(32)20-13-19(14-23(28)15-20)18-30-7-9-31(10-8-30)24-5-11-34-12-6-24/h3-4,13-16,24H,2,5-12,17-18H2,1H3,(H,29,32). The minimum absolute atomic E-state index is 0.216. The number of piperazine rings is 1. The van der Waals surface area contributed by atoms with Gasteiger partial charge in [-0.05, 0) is 60.4 Å². The van der Waals surface area contributed by atoms with Gasteiger partial charge in [-0.1, -0.05) is 30.1 Å². The van der Waals surface area contributed by atoms with Crippen LogP contribution in [-0.2, 0) is 28.6 Å². The van der Waals surface area contributed by atoms with Gasteiger partial charge < -0.3 is 10.1 Å². The van der Waals surface area contributed by atoms with Crippen LogP contribution in [0.5, 0.6) is 0 Å². The van der Waals surface area contributed by atoms with E-state index in [0.717, 1.165) is 69.9 Å². The lowest BCUT2D eigenvalue weighted by atomic mass is 10.1. The Kier molecular flexibility index (Phi) is 9.61. The van der Waals surface area contributed by atoms with E-state index < -0.39 is 10.8 Å². The van der Waals surface area contributed by atoms with E-state index in [-0.39, 0.29) is 12.5 Å². The topological polar surface area (TPSA) is 61.9 Å². The minimum atomic E-state index is -1.13. The number of benzene rings is 2. The van der Waals surface area contributed by atoms with Crippen molar-refractivity contribution in [3.8, 4) is 0 Å². The van der Waals surface area contributed by atoms with Crippen molar-refractivity contribution in [2.75, 3.05) is 45.1 Å². The molecule has 1 unspecified atom stereocenters. The van der Waals surface area contributed by atoms with Crippen molar-refractivity contribution >= 4 is 39.9 Å². The van der Waals surface area contributed by atoms with Crippen LogP contribution in [-0.4, -0.2) is 71.1 Å². The van der Waals surface area contributed by atoms with Crippen LogP contribution in [0, 0.1) is 0 Å². The minimum Gasteiger partial charge on any atom is -0.381 e. The zero-order chi connectivity index (χ0) is 24.8. The first-order valence-electron chi connectivity index (χ1n) is 12.2. The summed E-state index contributed by atoms with van der Waals surface area (Å²) >= 11 is 12.5. The van der Waals surface area contributed by atoms with Gasteiger partial charge in [0.15, 0.2) is 0 Å². The molecule has 2 aromatic carbocycles. The molecule has 2 heterocycles. The summed E-state index contributed by atoms with van der Waals surface area (Å²) in [6, 6.07) is 11.4. The van der Waals surface area contributed by atoms with Gasteiger partial charge >= 0.3 is 0 Å². The van der Waals surface area contributed by atoms with E-state index in [4.69, 9.17) is 27.9 Å². The Morgan fingerprint density at radius 3 is 2.51 bits per heavy atom. The highest BCUT2D eigenvalue weighted by Gasteiger charge is 2.25. The fourth-order valence-corrected chi connectivity index (χ4v) is 6.22. The molecular formula is C26H33Cl2N3O3S. The molecule has 1 N–H and O–H groups in total. The Morgan fingerprint density at radius 1 is 1.06 bits per heavy atom. The number of nitrogens with zero attached hydrogens (tertiary/aromatic N) is 2. The van der Waals surface area contributed by atoms with E-state index in [9.17, 15) is 9.00 Å². The first kappa shape index (κ1) is 26.6. The number of ether oxygens (including phenoxy) is 1. The van der Waals surface area contributed by atoms with Crippen molar-refractivity contribution in [3.05, 3.63) is 63.1 Å². The second-order valence-electron chi connectivity index (χ2n) is 9.07. The largest absolute Gasteiger partial charge is 0.381 e. The Hall–Kier alpha value is -1.48. The summed E-state index contributed by atoms with van der Waals surface area (Å²) in [6.07, 6.45) is 2.25. The molecule has 35 heavy (non-hydrogen) atoms. The number of nitrogens with one attached hydrogen (secondary N) is 1. The quantitative estimate of drug-likeness (QED) is 0.542. The molecule has 2 aliphatic rings. The Morgan fingerprint density at radius 2 is 1.80 bits per heavy atom. The molecule has 6 nitrogen and oxygen atoms in total. The van der Waals surface area contributed by atoms with Gasteiger partial charge in [-0.3, -0.25) is 18.8 Å². The van der Waals surface area contributed by atoms with Gasteiger partial charge in [0.2, 0.25) is 0 Å². The first-order valence-corrected chi connectivity index (χ1v) is 14.3. The zero-order valence-corrected chi connectivity index (χ0v) is 22.4. The van der Waals surface area contributed by atoms with Crippen LogP contribution in [0.25, 0.3) is 0 Å². The van der Waals surface area contributed by atoms with Crippen LogP contribution < -0.4 is 5.32 Å². The molecule has 9 heteroatoms. The summed E-state index contributed by atoms with van der Waals surface area (Å²) in [4.78, 5) is 18.7. The molecule has 0 radical (unpaired) electrons. The monoisotopic (exact) mass is 537 g/mol. The van der Waals surface area contributed by atoms with Gasteiger partial charge in [-0.2, -0.15) is 0 Å². The van der Waals surface area contributed by atoms with Crippen molar-refractivity contribution < 1.29 is 13.7 Å². The highest BCUT2D eigenvalue weighted by Crippen LogP contribution is 2.22. The van der Waals surface area contributed by atoms with Crippen molar-refractivity contribution in [2.45, 2.75) is 43.8 Å². The molecule has 2 fully saturated rings. The Bertz CT molecular complexity index is 1050. The van der Waals surface area contributed by atoms with Crippen molar-refractivity contribution in [3.63, 3.8) is 0 Å². The van der Waals surface area contributed by atoms with Gasteiger partial charge in [0.05, 0.1) is 10.8 Å². The van der Waals surface area contributed by atoms with Crippen LogP contribution in [0.2, 0.25) is 10.0 Å². The zero-order valence-electron chi connectivity index (χ0n) is 20.1. The maximum absolute atomic E-state index is 13.0. The summed E-state index contributed by atoms with van der Waals surface area (Å²) in [5, 5.41) is 4.04. The fourth-order valence-electron chi connectivity index (χ4n) is 4.81. The molecule has 2 aromatic rings. The SMILES string of the molecule is CCS(=O)c1ccc(Cl)cc1CNC(=O)c1cc(Cl)cc(CN2CCN(C3CCOCC3)CC2)c1. The van der Waals surface area contributed by atoms with Crippen molar-refractivity contribution in [1.29, 1.82) is 0 Å². The van der Waals surface area contributed by atoms with Crippen molar-refractivity contribution in [1.82, 2.24) is 15.1 Å². The number of hydrogen-bond donors (Lipinski definition) is 1. The molecule has 0 spiro atoms. The number of amides is 1. The van der Waals surface area contributed by atoms with Crippen LogP contribution in [0.3, 0.4) is 0 Å². The molecular weight excluding hydrogens is 505 g/mol. The summed E-state index contributed by atoms with van der Waals surface area (Å²) in [5.74, 6) is 0.287. The van der Waals surface area contributed by atoms with E-state index in [2.05, 4.69) is 15.1 Å². The fraction of sp³-hybridized carbons (Fsp3) is 0.500. The highest BCUT2D eigenvalue weighted by molar-refractivity contribution is 7.85. The van der Waals surface area contributed by atoms with Gasteiger partial charge in [0.1, 0.15) is 0 Å². The first-order chi connectivity index (χ1) is 16.9. The maximum atomic E-state index is 13.0. The van der Waals surface area contributed by atoms with Gasteiger partial charge in [0, 0.05) is 84.8 Å². The predicted molar refractivity (Wildman–Crippen MR) is 142 cm³/mol. The lowest BCUT2D eigenvalue weighted by Crippen LogP contribution is -2.51. The molecule has 2 aliphatic heterocycles. The second kappa shape index (κ2) is 12.7. The average Bonchev–Trinajstić information content (AvgIpc) is 2.87. The molecule has 190 valence electrons. The summed E-state index contributed by atoms with van der Waals surface area (Å²) < 4.78 is 17.9. The van der Waals surface area contributed by atoms with E-state index in [1.165, 1.54) is 0 Å². The normalized spacial score (nSPS) is 18.9. The average molecular weight is 539 g/mol. The summed E-state index contributed by atoms with van der Waals surface area (Å²) in [7, 11) is -1.13. The maximum Gasteiger partial charge on any atom is 0.251 e. The molecule has 1 amide bonds. The molecule has 0 saturated carbocycles. The van der Waals surface area contributed by atoms with Gasteiger partial charge in [0.25, 0.3) is 5.91 Å². The van der Waals surface area contributed by atoms with Gasteiger partial charge in [-0.15, -0.1) is 0 Å². The third-order valence-corrected chi connectivity index (χ3v) is 8.58.